The van der Waals surface area contributed by atoms with Crippen molar-refractivity contribution in [2.24, 2.45) is 28.3 Å². The monoisotopic (exact) mass is 710 g/mol. The smallest absolute Gasteiger partial charge is 0.410 e. The molecule has 1 aromatic rings. The number of oxime groups is 1. The molecule has 10 nitrogen and oxygen atoms in total. The molecule has 1 fully saturated rings. The van der Waals surface area contributed by atoms with E-state index in [0.29, 0.717) is 37.4 Å². The van der Waals surface area contributed by atoms with Crippen LogP contribution in [0.15, 0.2) is 60.3 Å². The van der Waals surface area contributed by atoms with Crippen LogP contribution in [0.5, 0.6) is 11.5 Å². The molecule has 6 unspecified atom stereocenters. The van der Waals surface area contributed by atoms with Crippen molar-refractivity contribution in [2.75, 3.05) is 40.1 Å². The summed E-state index contributed by atoms with van der Waals surface area (Å²) in [6.07, 6.45) is 10.4. The molecule has 1 amide bonds. The minimum atomic E-state index is -1.33. The van der Waals surface area contributed by atoms with Crippen LogP contribution in [0.25, 0.3) is 0 Å². The standard InChI is InChI=1S/C41H62N2O8/c1-10-22-47-29-18-19-34-32(25-29)36-30(17-13-15-21-45)28(16-12-14-20-44)24-31-33(42-51-40(6,7)8)26-35(41(50-34,37(31)36)49-23-11-2)43(9)38(46)48-27-39(3,4)5/h10-11,18-19,24-25,28,30,35-37,44-45H,1-2,12-17,20-23,26-27H2,3-9H3. The maximum Gasteiger partial charge on any atom is 0.410 e. The average Bonchev–Trinajstić information content (AvgIpc) is 3.08. The van der Waals surface area contributed by atoms with Crippen LogP contribution in [-0.2, 0) is 14.3 Å². The largest absolute Gasteiger partial charge is 0.490 e. The molecule has 2 aliphatic carbocycles. The summed E-state index contributed by atoms with van der Waals surface area (Å²) in [4.78, 5) is 21.6. The number of ether oxygens (including phenoxy) is 4. The molecule has 1 aliphatic heterocycles. The van der Waals surface area contributed by atoms with Crippen molar-refractivity contribution < 1.29 is 38.8 Å². The molecule has 1 saturated carbocycles. The minimum absolute atomic E-state index is 0.118. The van der Waals surface area contributed by atoms with Crippen molar-refractivity contribution in [3.63, 3.8) is 0 Å². The van der Waals surface area contributed by atoms with Crippen LogP contribution < -0.4 is 9.47 Å². The number of aliphatic hydroxyl groups is 2. The van der Waals surface area contributed by atoms with Crippen LogP contribution in [0.3, 0.4) is 0 Å². The van der Waals surface area contributed by atoms with Crippen LogP contribution in [0.2, 0.25) is 0 Å². The predicted octanol–water partition coefficient (Wildman–Crippen LogP) is 7.80. The second kappa shape index (κ2) is 17.5. The van der Waals surface area contributed by atoms with Gasteiger partial charge < -0.3 is 38.9 Å². The fourth-order valence-electron chi connectivity index (χ4n) is 7.67. The third kappa shape index (κ3) is 9.76. The van der Waals surface area contributed by atoms with Crippen molar-refractivity contribution in [1.82, 2.24) is 4.90 Å². The molecule has 284 valence electrons. The molecular formula is C41H62N2O8. The zero-order valence-electron chi connectivity index (χ0n) is 32.0. The summed E-state index contributed by atoms with van der Waals surface area (Å²) >= 11 is 0. The maximum atomic E-state index is 13.9. The van der Waals surface area contributed by atoms with Gasteiger partial charge in [-0.3, -0.25) is 0 Å². The number of aliphatic hydroxyl groups excluding tert-OH is 2. The molecule has 0 aromatic heterocycles. The van der Waals surface area contributed by atoms with Crippen molar-refractivity contribution in [3.8, 4) is 11.5 Å². The Bertz CT molecular complexity index is 1410. The molecule has 0 radical (unpaired) electrons. The van der Waals surface area contributed by atoms with Gasteiger partial charge in [0.05, 0.1) is 24.8 Å². The Kier molecular flexibility index (Phi) is 13.8. The van der Waals surface area contributed by atoms with Gasteiger partial charge in [-0.1, -0.05) is 63.6 Å². The van der Waals surface area contributed by atoms with E-state index in [1.807, 2.05) is 53.7 Å². The van der Waals surface area contributed by atoms with Crippen LogP contribution in [0.4, 0.5) is 4.79 Å². The summed E-state index contributed by atoms with van der Waals surface area (Å²) in [7, 11) is 1.74. The lowest BCUT2D eigenvalue weighted by atomic mass is 9.55. The molecule has 51 heavy (non-hydrogen) atoms. The lowest BCUT2D eigenvalue weighted by Crippen LogP contribution is -2.69. The van der Waals surface area contributed by atoms with Crippen LogP contribution in [0.1, 0.15) is 98.0 Å². The first-order valence-electron chi connectivity index (χ1n) is 18.6. The average molecular weight is 711 g/mol. The quantitative estimate of drug-likeness (QED) is 0.0956. The maximum absolute atomic E-state index is 13.9. The fraction of sp³-hybridized carbons (Fsp3) is 0.659. The normalized spacial score (nSPS) is 26.3. The Morgan fingerprint density at radius 2 is 1.73 bits per heavy atom. The number of unbranched alkanes of at least 4 members (excludes halogenated alkanes) is 2. The molecule has 1 aromatic carbocycles. The number of likely N-dealkylation sites (N-methyl/N-ethyl adjacent to an activating group) is 1. The van der Waals surface area contributed by atoms with Crippen molar-refractivity contribution >= 4 is 11.8 Å². The minimum Gasteiger partial charge on any atom is -0.490 e. The number of rotatable bonds is 17. The highest BCUT2D eigenvalue weighted by Gasteiger charge is 2.65. The van der Waals surface area contributed by atoms with Gasteiger partial charge in [-0.2, -0.15) is 0 Å². The summed E-state index contributed by atoms with van der Waals surface area (Å²) in [5, 5.41) is 24.4. The van der Waals surface area contributed by atoms with Crippen molar-refractivity contribution in [1.29, 1.82) is 0 Å². The van der Waals surface area contributed by atoms with E-state index in [9.17, 15) is 15.0 Å². The van der Waals surface area contributed by atoms with E-state index in [1.54, 1.807) is 24.1 Å². The molecule has 10 heteroatoms. The lowest BCUT2D eigenvalue weighted by Gasteiger charge is -2.59. The van der Waals surface area contributed by atoms with Gasteiger partial charge in [0.1, 0.15) is 29.7 Å². The first-order valence-corrected chi connectivity index (χ1v) is 18.6. The van der Waals surface area contributed by atoms with Crippen molar-refractivity contribution in [2.45, 2.75) is 110 Å². The number of amides is 1. The summed E-state index contributed by atoms with van der Waals surface area (Å²) in [5.74, 6) is -0.228. The second-order valence-electron chi connectivity index (χ2n) is 16.3. The number of hydrogen-bond donors (Lipinski definition) is 2. The number of hydrogen-bond acceptors (Lipinski definition) is 9. The Balaban J connectivity index is 2.01. The number of carbonyl (C=O) groups is 1. The molecule has 0 saturated heterocycles. The zero-order chi connectivity index (χ0) is 37.4. The van der Waals surface area contributed by atoms with Gasteiger partial charge in [-0.05, 0) is 87.5 Å². The molecule has 0 bridgehead atoms. The molecular weight excluding hydrogens is 648 g/mol. The number of nitrogens with zero attached hydrogens (tertiary/aromatic N) is 2. The lowest BCUT2D eigenvalue weighted by molar-refractivity contribution is -0.254. The highest BCUT2D eigenvalue weighted by atomic mass is 16.7. The summed E-state index contributed by atoms with van der Waals surface area (Å²) in [6.45, 7) is 20.8. The van der Waals surface area contributed by atoms with Crippen LogP contribution >= 0.6 is 0 Å². The molecule has 0 spiro atoms. The van der Waals surface area contributed by atoms with Gasteiger partial charge in [0.25, 0.3) is 0 Å². The van der Waals surface area contributed by atoms with Crippen molar-refractivity contribution in [3.05, 3.63) is 60.7 Å². The van der Waals surface area contributed by atoms with E-state index in [4.69, 9.17) is 28.9 Å². The highest BCUT2D eigenvalue weighted by Crippen LogP contribution is 2.61. The summed E-state index contributed by atoms with van der Waals surface area (Å²) < 4.78 is 26.0. The summed E-state index contributed by atoms with van der Waals surface area (Å²) in [5.41, 5.74) is 1.95. The number of carbonyl (C=O) groups excluding carboxylic acids is 1. The molecule has 4 rings (SSSR count). The Hall–Kier alpha value is -3.34. The third-order valence-corrected chi connectivity index (χ3v) is 9.83. The predicted molar refractivity (Wildman–Crippen MR) is 200 cm³/mol. The van der Waals surface area contributed by atoms with Gasteiger partial charge in [0, 0.05) is 38.2 Å². The van der Waals surface area contributed by atoms with E-state index >= 15 is 0 Å². The van der Waals surface area contributed by atoms with Gasteiger partial charge in [0.2, 0.25) is 5.79 Å². The van der Waals surface area contributed by atoms with Gasteiger partial charge in [-0.15, -0.1) is 6.58 Å². The highest BCUT2D eigenvalue weighted by molar-refractivity contribution is 6.02. The molecule has 1 heterocycles. The van der Waals surface area contributed by atoms with Crippen LogP contribution in [0, 0.1) is 23.2 Å². The van der Waals surface area contributed by atoms with Gasteiger partial charge in [-0.25, -0.2) is 4.79 Å². The molecule has 3 aliphatic rings. The second-order valence-corrected chi connectivity index (χ2v) is 16.3. The number of benzene rings is 1. The Morgan fingerprint density at radius 3 is 2.35 bits per heavy atom. The first-order chi connectivity index (χ1) is 24.2. The SMILES string of the molecule is C=CCOc1ccc2c(c1)C1C(CCCCO)C(CCCCO)C=C3C(=NOC(C)(C)C)CC(N(C)C(=O)OCC(C)(C)C)C(OCC=C)(O2)C31. The summed E-state index contributed by atoms with van der Waals surface area (Å²) in [6, 6.07) is 5.26. The van der Waals surface area contributed by atoms with E-state index in [-0.39, 0.29) is 49.6 Å². The number of fused-ring (bicyclic) bond motifs is 2. The van der Waals surface area contributed by atoms with E-state index in [2.05, 4.69) is 25.3 Å². The first kappa shape index (κ1) is 40.4. The number of allylic oxidation sites excluding steroid dienone is 1. The zero-order valence-corrected chi connectivity index (χ0v) is 32.0. The fourth-order valence-corrected chi connectivity index (χ4v) is 7.67. The molecule has 6 atom stereocenters. The van der Waals surface area contributed by atoms with E-state index in [0.717, 1.165) is 42.5 Å². The molecule has 2 N–H and O–H groups in total. The van der Waals surface area contributed by atoms with E-state index in [1.165, 1.54) is 0 Å². The van der Waals surface area contributed by atoms with Gasteiger partial charge >= 0.3 is 6.09 Å². The van der Waals surface area contributed by atoms with E-state index < -0.39 is 29.4 Å². The Morgan fingerprint density at radius 1 is 1.04 bits per heavy atom. The van der Waals surface area contributed by atoms with Gasteiger partial charge in [0.15, 0.2) is 0 Å². The topological polar surface area (TPSA) is 119 Å². The third-order valence-electron chi connectivity index (χ3n) is 9.83. The Labute approximate surface area is 305 Å². The van der Waals surface area contributed by atoms with Crippen LogP contribution in [-0.4, -0.2) is 84.4 Å².